The second-order valence-corrected chi connectivity index (χ2v) is 2.69. The zero-order valence-electron chi connectivity index (χ0n) is 7.09. The first-order valence-corrected chi connectivity index (χ1v) is 4.70. The van der Waals surface area contributed by atoms with Gasteiger partial charge in [-0.05, 0) is 17.3 Å². The van der Waals surface area contributed by atoms with Gasteiger partial charge in [-0.1, -0.05) is 12.8 Å². The van der Waals surface area contributed by atoms with E-state index in [2.05, 4.69) is 14.6 Å². The third-order valence-corrected chi connectivity index (χ3v) is 1.58. The van der Waals surface area contributed by atoms with Gasteiger partial charge < -0.3 is 9.47 Å². The molecule has 0 aliphatic carbocycles. The summed E-state index contributed by atoms with van der Waals surface area (Å²) in [5.41, 5.74) is 0. The van der Waals surface area contributed by atoms with Crippen LogP contribution in [0.3, 0.4) is 0 Å². The number of hydrogen-bond acceptors (Lipinski definition) is 3. The van der Waals surface area contributed by atoms with Crippen LogP contribution in [0.2, 0.25) is 0 Å². The van der Waals surface area contributed by atoms with Crippen LogP contribution in [0.25, 0.3) is 0 Å². The van der Waals surface area contributed by atoms with E-state index in [1.54, 1.807) is 0 Å². The molecule has 4 heteroatoms. The molecule has 0 aromatic carbocycles. The van der Waals surface area contributed by atoms with Crippen LogP contribution >= 0.6 is 22.6 Å². The maximum atomic E-state index is 10.8. The fourth-order valence-corrected chi connectivity index (χ4v) is 0.560. The lowest BCUT2D eigenvalue weighted by Crippen LogP contribution is -2.15. The van der Waals surface area contributed by atoms with Crippen LogP contribution in [0.5, 0.6) is 0 Å². The fraction of sp³-hybridized carbons (Fsp3) is 0.625. The van der Waals surface area contributed by atoms with Gasteiger partial charge in [0.15, 0.2) is 6.61 Å². The topological polar surface area (TPSA) is 35.5 Å². The molecule has 0 amide bonds. The molecule has 0 aliphatic rings. The minimum Gasteiger partial charge on any atom is -0.431 e. The summed E-state index contributed by atoms with van der Waals surface area (Å²) in [6, 6.07) is 0. The summed E-state index contributed by atoms with van der Waals surface area (Å²) < 4.78 is 12.0. The standard InChI is InChI=1S/C8H11IO3/c1-3-7(2)12-8(10)11-6-4-5-9/h7H,3,6H2,1-2H3. The van der Waals surface area contributed by atoms with Crippen molar-refractivity contribution in [2.45, 2.75) is 26.4 Å². The van der Waals surface area contributed by atoms with Crippen molar-refractivity contribution in [3.63, 3.8) is 0 Å². The van der Waals surface area contributed by atoms with E-state index in [1.807, 2.05) is 36.4 Å². The molecule has 3 nitrogen and oxygen atoms in total. The van der Waals surface area contributed by atoms with Crippen molar-refractivity contribution >= 4 is 28.7 Å². The lowest BCUT2D eigenvalue weighted by atomic mass is 10.3. The van der Waals surface area contributed by atoms with Crippen molar-refractivity contribution in [1.82, 2.24) is 0 Å². The summed E-state index contributed by atoms with van der Waals surface area (Å²) in [5.74, 6) is 2.58. The van der Waals surface area contributed by atoms with Crippen LogP contribution in [0, 0.1) is 9.85 Å². The van der Waals surface area contributed by atoms with Crippen molar-refractivity contribution in [1.29, 1.82) is 0 Å². The first-order chi connectivity index (χ1) is 5.70. The maximum absolute atomic E-state index is 10.8. The van der Waals surface area contributed by atoms with Crippen LogP contribution in [0.15, 0.2) is 0 Å². The number of carbonyl (C=O) groups excluding carboxylic acids is 1. The van der Waals surface area contributed by atoms with Crippen molar-refractivity contribution in [3.8, 4) is 9.85 Å². The molecular weight excluding hydrogens is 271 g/mol. The fourth-order valence-electron chi connectivity index (χ4n) is 0.404. The van der Waals surface area contributed by atoms with Gasteiger partial charge >= 0.3 is 6.16 Å². The van der Waals surface area contributed by atoms with Gasteiger partial charge in [-0.15, -0.1) is 0 Å². The molecule has 0 saturated carbocycles. The normalized spacial score (nSPS) is 10.9. The van der Waals surface area contributed by atoms with Gasteiger partial charge in [0.05, 0.1) is 0 Å². The molecule has 1 unspecified atom stereocenters. The molecule has 0 rings (SSSR count). The Bertz CT molecular complexity index is 192. The Morgan fingerprint density at radius 2 is 2.33 bits per heavy atom. The van der Waals surface area contributed by atoms with Gasteiger partial charge in [0.25, 0.3) is 0 Å². The quantitative estimate of drug-likeness (QED) is 0.453. The molecule has 0 aromatic heterocycles. The van der Waals surface area contributed by atoms with E-state index in [9.17, 15) is 4.79 Å². The summed E-state index contributed by atoms with van der Waals surface area (Å²) in [4.78, 5) is 10.8. The zero-order chi connectivity index (χ0) is 9.40. The largest absolute Gasteiger partial charge is 0.509 e. The molecule has 0 radical (unpaired) electrons. The Balaban J connectivity index is 3.50. The Kier molecular flexibility index (Phi) is 6.96. The monoisotopic (exact) mass is 282 g/mol. The van der Waals surface area contributed by atoms with Crippen LogP contribution < -0.4 is 0 Å². The van der Waals surface area contributed by atoms with Gasteiger partial charge in [0.2, 0.25) is 0 Å². The Morgan fingerprint density at radius 1 is 1.67 bits per heavy atom. The molecule has 0 N–H and O–H groups in total. The van der Waals surface area contributed by atoms with E-state index in [0.29, 0.717) is 0 Å². The molecule has 0 spiro atoms. The second kappa shape index (κ2) is 7.22. The van der Waals surface area contributed by atoms with Crippen molar-refractivity contribution < 1.29 is 14.3 Å². The van der Waals surface area contributed by atoms with Crippen LogP contribution in [0.4, 0.5) is 4.79 Å². The van der Waals surface area contributed by atoms with Gasteiger partial charge in [-0.2, -0.15) is 0 Å². The second-order valence-electron chi connectivity index (χ2n) is 2.15. The molecule has 68 valence electrons. The van der Waals surface area contributed by atoms with E-state index in [0.717, 1.165) is 6.42 Å². The summed E-state index contributed by atoms with van der Waals surface area (Å²) in [7, 11) is 0. The summed E-state index contributed by atoms with van der Waals surface area (Å²) in [5, 5.41) is 0. The van der Waals surface area contributed by atoms with E-state index in [4.69, 9.17) is 4.74 Å². The molecule has 0 saturated heterocycles. The van der Waals surface area contributed by atoms with Gasteiger partial charge in [0.1, 0.15) is 6.10 Å². The first kappa shape index (κ1) is 11.6. The highest BCUT2D eigenvalue weighted by molar-refractivity contribution is 14.1. The van der Waals surface area contributed by atoms with E-state index in [1.165, 1.54) is 0 Å². The SMILES string of the molecule is CCC(C)OC(=O)OCC#CI. The Hall–Kier alpha value is -0.440. The number of carbonyl (C=O) groups is 1. The minimum atomic E-state index is -0.650. The van der Waals surface area contributed by atoms with Crippen LogP contribution in [-0.4, -0.2) is 18.9 Å². The average molecular weight is 282 g/mol. The lowest BCUT2D eigenvalue weighted by Gasteiger charge is -2.08. The predicted octanol–water partition coefficient (Wildman–Crippen LogP) is 2.33. The summed E-state index contributed by atoms with van der Waals surface area (Å²) in [6.07, 6.45) is 0.0427. The molecule has 0 aromatic rings. The molecular formula is C8H11IO3. The molecule has 1 atom stereocenters. The highest BCUT2D eigenvalue weighted by atomic mass is 127. The minimum absolute atomic E-state index is 0.0925. The van der Waals surface area contributed by atoms with E-state index >= 15 is 0 Å². The molecule has 12 heavy (non-hydrogen) atoms. The highest BCUT2D eigenvalue weighted by Crippen LogP contribution is 1.97. The molecule has 0 heterocycles. The van der Waals surface area contributed by atoms with Gasteiger partial charge in [-0.3, -0.25) is 0 Å². The summed E-state index contributed by atoms with van der Waals surface area (Å²) >= 11 is 1.87. The number of ether oxygens (including phenoxy) is 2. The van der Waals surface area contributed by atoms with Gasteiger partial charge in [0, 0.05) is 22.6 Å². The maximum Gasteiger partial charge on any atom is 0.509 e. The number of halogens is 1. The third kappa shape index (κ3) is 6.28. The third-order valence-electron chi connectivity index (χ3n) is 1.20. The Morgan fingerprint density at radius 3 is 2.83 bits per heavy atom. The number of hydrogen-bond donors (Lipinski definition) is 0. The van der Waals surface area contributed by atoms with E-state index in [-0.39, 0.29) is 12.7 Å². The van der Waals surface area contributed by atoms with E-state index < -0.39 is 6.16 Å². The highest BCUT2D eigenvalue weighted by Gasteiger charge is 2.06. The predicted molar refractivity (Wildman–Crippen MR) is 54.0 cm³/mol. The summed E-state index contributed by atoms with van der Waals surface area (Å²) in [6.45, 7) is 3.84. The molecule has 0 fully saturated rings. The number of rotatable bonds is 3. The van der Waals surface area contributed by atoms with Gasteiger partial charge in [-0.25, -0.2) is 4.79 Å². The average Bonchev–Trinajstić information content (AvgIpc) is 2.05. The van der Waals surface area contributed by atoms with Crippen molar-refractivity contribution in [3.05, 3.63) is 0 Å². The van der Waals surface area contributed by atoms with Crippen molar-refractivity contribution in [2.24, 2.45) is 0 Å². The Labute approximate surface area is 85.9 Å². The van der Waals surface area contributed by atoms with Crippen molar-refractivity contribution in [2.75, 3.05) is 6.61 Å². The zero-order valence-corrected chi connectivity index (χ0v) is 9.25. The first-order valence-electron chi connectivity index (χ1n) is 3.62. The lowest BCUT2D eigenvalue weighted by molar-refractivity contribution is 0.0356. The smallest absolute Gasteiger partial charge is 0.431 e. The van der Waals surface area contributed by atoms with Crippen LogP contribution in [-0.2, 0) is 9.47 Å². The molecule has 0 aliphatic heterocycles. The molecule has 0 bridgehead atoms. The van der Waals surface area contributed by atoms with Crippen LogP contribution in [0.1, 0.15) is 20.3 Å².